The Morgan fingerprint density at radius 1 is 0.531 bits per heavy atom. The maximum absolute atomic E-state index is 5.52. The van der Waals surface area contributed by atoms with Crippen LogP contribution in [-0.4, -0.2) is 20.8 Å². The lowest BCUT2D eigenvalue weighted by Gasteiger charge is -2.24. The lowest BCUT2D eigenvalue weighted by Crippen LogP contribution is -2.33. The Morgan fingerprint density at radius 3 is 2.06 bits per heavy atom. The van der Waals surface area contributed by atoms with Crippen molar-refractivity contribution >= 4 is 113 Å². The molecule has 302 valence electrons. The Hall–Kier alpha value is -7.58. The molecule has 5 heterocycles. The number of fused-ring (bicyclic) bond motifs is 13. The van der Waals surface area contributed by atoms with Gasteiger partial charge in [-0.15, -0.1) is 22.7 Å². The first-order valence-corrected chi connectivity index (χ1v) is 23.5. The van der Waals surface area contributed by atoms with Gasteiger partial charge in [0.25, 0.3) is 0 Å². The van der Waals surface area contributed by atoms with Crippen molar-refractivity contribution in [1.82, 2.24) is 14.5 Å². The molecule has 0 bridgehead atoms. The molecule has 0 saturated carbocycles. The van der Waals surface area contributed by atoms with E-state index >= 15 is 0 Å². The van der Waals surface area contributed by atoms with Gasteiger partial charge in [0.2, 0.25) is 0 Å². The zero-order valence-corrected chi connectivity index (χ0v) is 36.1. The van der Waals surface area contributed by atoms with E-state index in [9.17, 15) is 0 Å². The van der Waals surface area contributed by atoms with Gasteiger partial charge in [0.1, 0.15) is 12.0 Å². The van der Waals surface area contributed by atoms with Crippen molar-refractivity contribution in [3.63, 3.8) is 0 Å². The molecule has 5 nitrogen and oxygen atoms in total. The van der Waals surface area contributed by atoms with E-state index in [4.69, 9.17) is 9.98 Å². The summed E-state index contributed by atoms with van der Waals surface area (Å²) in [6.07, 6.45) is 6.34. The van der Waals surface area contributed by atoms with Crippen molar-refractivity contribution < 1.29 is 0 Å². The summed E-state index contributed by atoms with van der Waals surface area (Å²) in [5, 5.41) is 12.5. The Labute approximate surface area is 376 Å². The second-order valence-electron chi connectivity index (χ2n) is 16.8. The molecule has 0 radical (unpaired) electrons. The fraction of sp³-hybridized carbons (Fsp3) is 0.0526. The third-order valence-corrected chi connectivity index (χ3v) is 15.5. The second-order valence-corrected chi connectivity index (χ2v) is 19.0. The smallest absolute Gasteiger partial charge is 0.159 e. The van der Waals surface area contributed by atoms with E-state index in [0.29, 0.717) is 5.84 Å². The highest BCUT2D eigenvalue weighted by atomic mass is 32.1. The number of nitrogens with zero attached hydrogens (tertiary/aromatic N) is 4. The van der Waals surface area contributed by atoms with Gasteiger partial charge in [-0.3, -0.25) is 0 Å². The summed E-state index contributed by atoms with van der Waals surface area (Å²) in [5.41, 5.74) is 11.7. The van der Waals surface area contributed by atoms with Crippen molar-refractivity contribution in [3.8, 4) is 11.4 Å². The van der Waals surface area contributed by atoms with Crippen LogP contribution in [0.1, 0.15) is 40.5 Å². The first kappa shape index (κ1) is 36.0. The van der Waals surface area contributed by atoms with Gasteiger partial charge in [-0.2, -0.15) is 0 Å². The molecule has 1 aliphatic heterocycles. The fourth-order valence-electron chi connectivity index (χ4n) is 10.4. The predicted octanol–water partition coefficient (Wildman–Crippen LogP) is 14.9. The maximum Gasteiger partial charge on any atom is 0.159 e. The molecule has 8 aromatic carbocycles. The topological polar surface area (TPSA) is 46.6 Å². The lowest BCUT2D eigenvalue weighted by molar-refractivity contribution is 0.675. The van der Waals surface area contributed by atoms with Crippen LogP contribution < -0.4 is 5.32 Å². The molecule has 0 fully saturated rings. The molecule has 0 amide bonds. The SMILES string of the molecule is C1=Cc2c(n(-c3ccccc3)c3c2ccc2c4ccccc4n(-c4cc(C5=NC(c6ccc7c(c6)sc6ccccc67)NC(c6ccccc6)=N5)cc5sc6ccccc6c45)c23)CC1. The van der Waals surface area contributed by atoms with E-state index < -0.39 is 0 Å². The average molecular weight is 856 g/mol. The number of hydrogen-bond acceptors (Lipinski definition) is 5. The van der Waals surface area contributed by atoms with Gasteiger partial charge in [-0.05, 0) is 66.9 Å². The van der Waals surface area contributed by atoms with E-state index in [0.717, 1.165) is 41.1 Å². The third-order valence-electron chi connectivity index (χ3n) is 13.2. The molecule has 64 heavy (non-hydrogen) atoms. The number of nitrogens with one attached hydrogen (secondary N) is 1. The van der Waals surface area contributed by atoms with E-state index in [1.165, 1.54) is 90.0 Å². The molecule has 4 aromatic heterocycles. The molecule has 1 N–H and O–H groups in total. The molecule has 1 unspecified atom stereocenters. The third kappa shape index (κ3) is 5.35. The summed E-state index contributed by atoms with van der Waals surface area (Å²) < 4.78 is 10.1. The molecule has 0 spiro atoms. The Balaban J connectivity index is 1.07. The number of hydrogen-bond donors (Lipinski definition) is 1. The Kier molecular flexibility index (Phi) is 7.84. The number of aliphatic imine (C=N–C) groups is 2. The number of thiophene rings is 2. The van der Waals surface area contributed by atoms with Crippen LogP contribution in [0.25, 0.3) is 90.5 Å². The van der Waals surface area contributed by atoms with Gasteiger partial charge in [-0.25, -0.2) is 9.98 Å². The molecule has 1 aliphatic carbocycles. The largest absolute Gasteiger partial charge is 0.344 e. The van der Waals surface area contributed by atoms with Crippen molar-refractivity contribution in [1.29, 1.82) is 0 Å². The van der Waals surface area contributed by atoms with Crippen molar-refractivity contribution in [2.45, 2.75) is 19.0 Å². The van der Waals surface area contributed by atoms with Gasteiger partial charge in [0, 0.05) is 84.6 Å². The van der Waals surface area contributed by atoms with Crippen LogP contribution in [0.4, 0.5) is 0 Å². The van der Waals surface area contributed by atoms with Crippen LogP contribution in [0.2, 0.25) is 0 Å². The summed E-state index contributed by atoms with van der Waals surface area (Å²) in [6.45, 7) is 0. The number of para-hydroxylation sites is 2. The zero-order valence-electron chi connectivity index (χ0n) is 34.5. The van der Waals surface area contributed by atoms with Gasteiger partial charge >= 0.3 is 0 Å². The number of rotatable bonds is 5. The standard InChI is InChI=1S/C57H37N5S2/c1-3-15-34(16-4-1)55-58-56(35-27-28-41-40-21-9-13-25-48(40)63-50(41)32-35)60-57(59-55)36-31-47(52-44-22-10-14-26-49(44)64-51(52)33-36)62-46-24-12-8-20-39(46)43-30-29-42-38-19-7-11-23-45(38)61(53(42)54(43)62)37-17-5-2-6-18-37/h1-10,12-22,24-33,56H,11,23H2,(H,58,59,60). The minimum Gasteiger partial charge on any atom is -0.344 e. The van der Waals surface area contributed by atoms with Crippen LogP contribution >= 0.6 is 22.7 Å². The van der Waals surface area contributed by atoms with E-state index in [-0.39, 0.29) is 6.17 Å². The number of amidine groups is 2. The highest BCUT2D eigenvalue weighted by Gasteiger charge is 2.28. The first-order chi connectivity index (χ1) is 31.7. The molecule has 2 aliphatic rings. The molecular formula is C57H37N5S2. The quantitative estimate of drug-likeness (QED) is 0.184. The molecule has 12 aromatic rings. The first-order valence-electron chi connectivity index (χ1n) is 21.9. The Bertz CT molecular complexity index is 3990. The van der Waals surface area contributed by atoms with E-state index in [1.807, 2.05) is 22.7 Å². The van der Waals surface area contributed by atoms with Crippen LogP contribution in [0.3, 0.4) is 0 Å². The monoisotopic (exact) mass is 855 g/mol. The summed E-state index contributed by atoms with van der Waals surface area (Å²) in [6, 6.07) is 64.1. The van der Waals surface area contributed by atoms with Gasteiger partial charge in [0.15, 0.2) is 5.84 Å². The fourth-order valence-corrected chi connectivity index (χ4v) is 12.7. The molecular weight excluding hydrogens is 819 g/mol. The predicted molar refractivity (Wildman–Crippen MR) is 273 cm³/mol. The summed E-state index contributed by atoms with van der Waals surface area (Å²) in [7, 11) is 0. The van der Waals surface area contributed by atoms with Gasteiger partial charge in [0.05, 0.1) is 22.2 Å². The van der Waals surface area contributed by atoms with Crippen LogP contribution in [0.15, 0.2) is 192 Å². The normalized spacial score (nSPS) is 15.2. The highest BCUT2D eigenvalue weighted by molar-refractivity contribution is 7.26. The summed E-state index contributed by atoms with van der Waals surface area (Å²) in [5.74, 6) is 1.52. The van der Waals surface area contributed by atoms with Crippen molar-refractivity contribution in [2.75, 3.05) is 0 Å². The lowest BCUT2D eigenvalue weighted by atomic mass is 10.0. The molecule has 0 saturated heterocycles. The number of benzene rings is 8. The zero-order chi connectivity index (χ0) is 41.9. The maximum atomic E-state index is 5.52. The molecule has 1 atom stereocenters. The van der Waals surface area contributed by atoms with Crippen molar-refractivity contribution in [3.05, 3.63) is 210 Å². The van der Waals surface area contributed by atoms with Gasteiger partial charge < -0.3 is 14.5 Å². The van der Waals surface area contributed by atoms with Crippen molar-refractivity contribution in [2.24, 2.45) is 9.98 Å². The highest BCUT2D eigenvalue weighted by Crippen LogP contribution is 2.46. The Morgan fingerprint density at radius 2 is 1.20 bits per heavy atom. The number of allylic oxidation sites excluding steroid dienone is 1. The second kappa shape index (κ2) is 14.0. The average Bonchev–Trinajstić information content (AvgIpc) is 4.11. The van der Waals surface area contributed by atoms with E-state index in [1.54, 1.807) is 0 Å². The summed E-state index contributed by atoms with van der Waals surface area (Å²) >= 11 is 3.68. The molecule has 14 rings (SSSR count). The van der Waals surface area contributed by atoms with Crippen LogP contribution in [0.5, 0.6) is 0 Å². The summed E-state index contributed by atoms with van der Waals surface area (Å²) in [4.78, 5) is 10.9. The van der Waals surface area contributed by atoms with E-state index in [2.05, 4.69) is 203 Å². The molecule has 7 heteroatoms. The number of aromatic nitrogens is 2. The van der Waals surface area contributed by atoms with Gasteiger partial charge in [-0.1, -0.05) is 140 Å². The van der Waals surface area contributed by atoms with Crippen LogP contribution in [0, 0.1) is 0 Å². The van der Waals surface area contributed by atoms with Crippen LogP contribution in [-0.2, 0) is 6.42 Å². The minimum absolute atomic E-state index is 0.347. The minimum atomic E-state index is -0.347.